The van der Waals surface area contributed by atoms with Crippen molar-refractivity contribution < 1.29 is 37.3 Å². The fraction of sp³-hybridized carbons (Fsp3) is 0.389. The smallest absolute Gasteiger partial charge is 0.507 e. The van der Waals surface area contributed by atoms with Crippen molar-refractivity contribution in [1.82, 2.24) is 0 Å². The summed E-state index contributed by atoms with van der Waals surface area (Å²) in [5, 5.41) is 9.36. The predicted molar refractivity (Wildman–Crippen MR) is 96.9 cm³/mol. The van der Waals surface area contributed by atoms with E-state index in [0.717, 1.165) is 12.1 Å². The quantitative estimate of drug-likeness (QED) is 0.317. The first kappa shape index (κ1) is 22.9. The molecule has 150 valence electrons. The fourth-order valence-corrected chi connectivity index (χ4v) is 2.31. The van der Waals surface area contributed by atoms with Crippen LogP contribution in [0, 0.1) is 0 Å². The zero-order chi connectivity index (χ0) is 20.6. The van der Waals surface area contributed by atoms with Crippen molar-refractivity contribution in [2.24, 2.45) is 0 Å². The third-order valence-electron chi connectivity index (χ3n) is 3.20. The average molecular weight is 453 g/mol. The van der Waals surface area contributed by atoms with Crippen LogP contribution < -0.4 is 9.47 Å². The van der Waals surface area contributed by atoms with Crippen molar-refractivity contribution in [3.63, 3.8) is 0 Å². The van der Waals surface area contributed by atoms with E-state index in [-0.39, 0.29) is 29.0 Å². The molecule has 9 heteroatoms. The first-order valence-corrected chi connectivity index (χ1v) is 8.81. The van der Waals surface area contributed by atoms with Crippen LogP contribution in [0.4, 0.5) is 13.2 Å². The molecule has 27 heavy (non-hydrogen) atoms. The van der Waals surface area contributed by atoms with Gasteiger partial charge in [-0.1, -0.05) is 19.6 Å². The molecule has 0 aliphatic rings. The summed E-state index contributed by atoms with van der Waals surface area (Å²) in [6.45, 7) is 6.96. The Labute approximate surface area is 163 Å². The number of ether oxygens (including phenoxy) is 3. The minimum absolute atomic E-state index is 0.0387. The number of rotatable bonds is 9. The van der Waals surface area contributed by atoms with Crippen molar-refractivity contribution in [2.75, 3.05) is 6.61 Å². The fourth-order valence-electron chi connectivity index (χ4n) is 2.01. The summed E-state index contributed by atoms with van der Waals surface area (Å²) in [5.41, 5.74) is 0.341. The lowest BCUT2D eigenvalue weighted by Gasteiger charge is -2.19. The van der Waals surface area contributed by atoms with Gasteiger partial charge >= 0.3 is 12.3 Å². The zero-order valence-corrected chi connectivity index (χ0v) is 16.4. The van der Waals surface area contributed by atoms with Gasteiger partial charge in [0.15, 0.2) is 0 Å². The van der Waals surface area contributed by atoms with E-state index in [2.05, 4.69) is 27.2 Å². The average Bonchev–Trinajstić information content (AvgIpc) is 2.55. The molecule has 1 N–H and O–H groups in total. The van der Waals surface area contributed by atoms with Gasteiger partial charge in [-0.2, -0.15) is 0 Å². The molecule has 1 rings (SSSR count). The summed E-state index contributed by atoms with van der Waals surface area (Å²) in [5.74, 6) is -1.20. The van der Waals surface area contributed by atoms with Gasteiger partial charge in [0.05, 0.1) is 17.5 Å². The normalized spacial score (nSPS) is 13.0. The molecule has 1 aromatic rings. The predicted octanol–water partition coefficient (Wildman–Crippen LogP) is 5.20. The van der Waals surface area contributed by atoms with Crippen molar-refractivity contribution in [2.45, 2.75) is 39.2 Å². The minimum Gasteiger partial charge on any atom is -0.507 e. The van der Waals surface area contributed by atoms with Gasteiger partial charge in [0, 0.05) is 11.6 Å². The van der Waals surface area contributed by atoms with Gasteiger partial charge in [-0.15, -0.1) is 13.2 Å². The van der Waals surface area contributed by atoms with Gasteiger partial charge in [-0.05, 0) is 41.4 Å². The Bertz CT molecular complexity index is 701. The van der Waals surface area contributed by atoms with Crippen LogP contribution in [-0.4, -0.2) is 30.1 Å². The van der Waals surface area contributed by atoms with E-state index < -0.39 is 24.2 Å². The highest BCUT2D eigenvalue weighted by Gasteiger charge is 2.31. The summed E-state index contributed by atoms with van der Waals surface area (Å²) < 4.78 is 52.2. The second-order valence-corrected chi connectivity index (χ2v) is 6.18. The van der Waals surface area contributed by atoms with Gasteiger partial charge in [-0.3, -0.25) is 4.79 Å². The monoisotopic (exact) mass is 452 g/mol. The molecule has 1 aromatic carbocycles. The van der Waals surface area contributed by atoms with Crippen molar-refractivity contribution >= 4 is 21.9 Å². The van der Waals surface area contributed by atoms with E-state index in [1.54, 1.807) is 13.8 Å². The molecule has 0 saturated heterocycles. The van der Waals surface area contributed by atoms with E-state index in [1.807, 2.05) is 0 Å². The second kappa shape index (κ2) is 10.2. The zero-order valence-electron chi connectivity index (χ0n) is 14.8. The molecule has 0 aliphatic heterocycles. The molecule has 0 aromatic heterocycles. The molecule has 0 heterocycles. The highest BCUT2D eigenvalue weighted by atomic mass is 79.9. The molecule has 0 amide bonds. The van der Waals surface area contributed by atoms with Crippen LogP contribution in [-0.2, 0) is 16.0 Å². The Morgan fingerprint density at radius 3 is 2.56 bits per heavy atom. The van der Waals surface area contributed by atoms with Crippen LogP contribution in [0.5, 0.6) is 11.5 Å². The van der Waals surface area contributed by atoms with Crippen molar-refractivity contribution in [3.05, 3.63) is 46.7 Å². The van der Waals surface area contributed by atoms with Gasteiger partial charge in [0.1, 0.15) is 23.4 Å². The summed E-state index contributed by atoms with van der Waals surface area (Å²) >= 11 is 3.11. The number of alkyl halides is 3. The summed E-state index contributed by atoms with van der Waals surface area (Å²) in [6, 6.07) is 3.46. The Morgan fingerprint density at radius 1 is 1.37 bits per heavy atom. The Kier molecular flexibility index (Phi) is 8.68. The molecule has 0 aliphatic carbocycles. The number of allylic oxidation sites excluding steroid dienone is 1. The second-order valence-electron chi connectivity index (χ2n) is 5.32. The number of aliphatic hydroxyl groups excluding tert-OH is 1. The lowest BCUT2D eigenvalue weighted by Crippen LogP contribution is -2.18. The van der Waals surface area contributed by atoms with E-state index in [1.165, 1.54) is 12.1 Å². The maximum atomic E-state index is 12.5. The number of carbonyl (C=O) groups excluding carboxylic acids is 1. The first-order chi connectivity index (χ1) is 12.6. The van der Waals surface area contributed by atoms with Gasteiger partial charge < -0.3 is 19.3 Å². The van der Waals surface area contributed by atoms with Gasteiger partial charge in [0.2, 0.25) is 0 Å². The summed E-state index contributed by atoms with van der Waals surface area (Å²) in [7, 11) is 0. The lowest BCUT2D eigenvalue weighted by molar-refractivity contribution is -0.274. The van der Waals surface area contributed by atoms with E-state index >= 15 is 0 Å². The maximum Gasteiger partial charge on any atom is 0.573 e. The van der Waals surface area contributed by atoms with E-state index in [4.69, 9.17) is 9.47 Å². The number of halogens is 4. The molecule has 0 saturated carbocycles. The van der Waals surface area contributed by atoms with Gasteiger partial charge in [0.25, 0.3) is 0 Å². The van der Waals surface area contributed by atoms with Crippen LogP contribution in [0.2, 0.25) is 0 Å². The van der Waals surface area contributed by atoms with E-state index in [0.29, 0.717) is 12.0 Å². The van der Waals surface area contributed by atoms with Crippen LogP contribution in [0.15, 0.2) is 41.1 Å². The maximum absolute atomic E-state index is 12.5. The van der Waals surface area contributed by atoms with Gasteiger partial charge in [-0.25, -0.2) is 0 Å². The third kappa shape index (κ3) is 8.38. The molecular weight excluding hydrogens is 433 g/mol. The largest absolute Gasteiger partial charge is 0.573 e. The molecule has 0 fully saturated rings. The molecule has 1 unspecified atom stereocenters. The standard InChI is InChI=1S/C18H20BrF3O5/c1-4-13(9-15(19)11(3)23)26-16-10-14(27-18(20,21)22)7-6-12(16)8-17(24)25-5-2/h6-7,9-10,13,23H,3-5,8H2,1-2H3/b15-9+. The third-order valence-corrected chi connectivity index (χ3v) is 3.92. The number of hydrogen-bond acceptors (Lipinski definition) is 5. The first-order valence-electron chi connectivity index (χ1n) is 8.02. The number of aliphatic hydroxyl groups is 1. The molecular formula is C18H20BrF3O5. The lowest BCUT2D eigenvalue weighted by atomic mass is 10.1. The number of esters is 1. The molecule has 0 spiro atoms. The van der Waals surface area contributed by atoms with Crippen LogP contribution in [0.3, 0.4) is 0 Å². The number of carbonyl (C=O) groups is 1. The SMILES string of the molecule is C=C(O)/C(Br)=C\C(CC)Oc1cc(OC(F)(F)F)ccc1CC(=O)OCC. The van der Waals surface area contributed by atoms with Crippen LogP contribution in [0.25, 0.3) is 0 Å². The molecule has 5 nitrogen and oxygen atoms in total. The number of benzene rings is 1. The minimum atomic E-state index is -4.86. The molecule has 0 bridgehead atoms. The molecule has 1 atom stereocenters. The number of hydrogen-bond donors (Lipinski definition) is 1. The molecule has 0 radical (unpaired) electrons. The van der Waals surface area contributed by atoms with E-state index in [9.17, 15) is 23.1 Å². The van der Waals surface area contributed by atoms with Crippen LogP contribution in [0.1, 0.15) is 25.8 Å². The van der Waals surface area contributed by atoms with Crippen molar-refractivity contribution in [1.29, 1.82) is 0 Å². The highest BCUT2D eigenvalue weighted by molar-refractivity contribution is 9.11. The Hall–Kier alpha value is -2.16. The highest BCUT2D eigenvalue weighted by Crippen LogP contribution is 2.31. The van der Waals surface area contributed by atoms with Crippen LogP contribution >= 0.6 is 15.9 Å². The van der Waals surface area contributed by atoms with Crippen molar-refractivity contribution in [3.8, 4) is 11.5 Å². The Balaban J connectivity index is 3.19. The summed E-state index contributed by atoms with van der Waals surface area (Å²) in [6.07, 6.45) is -3.70. The Morgan fingerprint density at radius 2 is 2.04 bits per heavy atom. The summed E-state index contributed by atoms with van der Waals surface area (Å²) in [4.78, 5) is 11.7. The topological polar surface area (TPSA) is 65.0 Å².